The minimum atomic E-state index is -3.98. The van der Waals surface area contributed by atoms with Crippen molar-refractivity contribution in [1.82, 2.24) is 0 Å². The predicted molar refractivity (Wildman–Crippen MR) is 119 cm³/mol. The smallest absolute Gasteiger partial charge is 0.213 e. The second-order valence-corrected chi connectivity index (χ2v) is 10.6. The quantitative estimate of drug-likeness (QED) is 0.525. The topological polar surface area (TPSA) is 72.8 Å². The SMILES string of the molecule is CC1(O)OOC(c2ccc(Cl)cc2)(c2ccc(Cl)cc2)CC1S(=O)(=O)c1ccccc1. The van der Waals surface area contributed by atoms with Gasteiger partial charge in [-0.15, -0.1) is 0 Å². The highest BCUT2D eigenvalue weighted by Gasteiger charge is 2.56. The summed E-state index contributed by atoms with van der Waals surface area (Å²) in [6.45, 7) is 1.28. The van der Waals surface area contributed by atoms with Crippen LogP contribution in [-0.4, -0.2) is 24.6 Å². The first-order chi connectivity index (χ1) is 14.6. The standard InChI is InChI=1S/C23H20Cl2O5S/c1-22(26)21(31(27,28)20-5-3-2-4-6-20)15-23(30-29-22,16-7-11-18(24)12-8-16)17-9-13-19(25)14-10-17/h2-14,21,26H,15H2,1H3. The molecular weight excluding hydrogens is 459 g/mol. The fourth-order valence-electron chi connectivity index (χ4n) is 3.80. The summed E-state index contributed by atoms with van der Waals surface area (Å²) < 4.78 is 27.0. The molecule has 162 valence electrons. The Morgan fingerprint density at radius 3 is 1.81 bits per heavy atom. The fraction of sp³-hybridized carbons (Fsp3) is 0.217. The van der Waals surface area contributed by atoms with Crippen molar-refractivity contribution < 1.29 is 23.3 Å². The van der Waals surface area contributed by atoms with E-state index in [0.717, 1.165) is 0 Å². The number of sulfone groups is 1. The Morgan fingerprint density at radius 1 is 0.839 bits per heavy atom. The number of aliphatic hydroxyl groups is 1. The van der Waals surface area contributed by atoms with Crippen LogP contribution in [-0.2, 0) is 25.2 Å². The van der Waals surface area contributed by atoms with Crippen LogP contribution in [0, 0.1) is 0 Å². The lowest BCUT2D eigenvalue weighted by Gasteiger charge is -2.45. The van der Waals surface area contributed by atoms with Gasteiger partial charge in [-0.3, -0.25) is 0 Å². The number of hydrogen-bond acceptors (Lipinski definition) is 5. The molecule has 1 fully saturated rings. The van der Waals surface area contributed by atoms with Gasteiger partial charge in [-0.05, 0) is 54.4 Å². The van der Waals surface area contributed by atoms with E-state index in [-0.39, 0.29) is 11.3 Å². The van der Waals surface area contributed by atoms with Crippen LogP contribution in [0.1, 0.15) is 24.5 Å². The van der Waals surface area contributed by atoms with Crippen molar-refractivity contribution in [3.63, 3.8) is 0 Å². The number of halogens is 2. The summed E-state index contributed by atoms with van der Waals surface area (Å²) in [5.41, 5.74) is -0.0600. The summed E-state index contributed by atoms with van der Waals surface area (Å²) in [5.74, 6) is -2.07. The van der Waals surface area contributed by atoms with Crippen molar-refractivity contribution in [3.8, 4) is 0 Å². The zero-order valence-corrected chi connectivity index (χ0v) is 18.9. The molecule has 1 aliphatic heterocycles. The average molecular weight is 479 g/mol. The molecule has 1 N–H and O–H groups in total. The molecule has 3 aromatic carbocycles. The molecule has 1 saturated heterocycles. The molecule has 4 rings (SSSR count). The van der Waals surface area contributed by atoms with E-state index in [1.54, 1.807) is 66.7 Å². The summed E-state index contributed by atoms with van der Waals surface area (Å²) in [6, 6.07) is 21.7. The molecule has 3 aromatic rings. The van der Waals surface area contributed by atoms with Gasteiger partial charge < -0.3 is 5.11 Å². The number of rotatable bonds is 4. The molecule has 2 unspecified atom stereocenters. The van der Waals surface area contributed by atoms with E-state index >= 15 is 0 Å². The summed E-state index contributed by atoms with van der Waals surface area (Å²) in [7, 11) is -3.98. The van der Waals surface area contributed by atoms with Crippen LogP contribution >= 0.6 is 23.2 Å². The van der Waals surface area contributed by atoms with Gasteiger partial charge in [-0.25, -0.2) is 13.3 Å². The summed E-state index contributed by atoms with van der Waals surface area (Å²) in [4.78, 5) is 11.3. The first-order valence-electron chi connectivity index (χ1n) is 9.55. The van der Waals surface area contributed by atoms with Crippen LogP contribution in [0.25, 0.3) is 0 Å². The summed E-state index contributed by atoms with van der Waals surface area (Å²) >= 11 is 12.1. The summed E-state index contributed by atoms with van der Waals surface area (Å²) in [5, 5.41) is 10.6. The van der Waals surface area contributed by atoms with Crippen LogP contribution in [0.3, 0.4) is 0 Å². The van der Waals surface area contributed by atoms with Crippen molar-refractivity contribution in [3.05, 3.63) is 100 Å². The van der Waals surface area contributed by atoms with E-state index in [2.05, 4.69) is 0 Å². The first kappa shape index (κ1) is 22.3. The molecule has 1 aliphatic rings. The molecule has 1 heterocycles. The van der Waals surface area contributed by atoms with Crippen LogP contribution in [0.4, 0.5) is 0 Å². The maximum atomic E-state index is 13.5. The van der Waals surface area contributed by atoms with E-state index in [0.29, 0.717) is 21.2 Å². The molecular formula is C23H20Cl2O5S. The largest absolute Gasteiger partial charge is 0.362 e. The van der Waals surface area contributed by atoms with Crippen LogP contribution in [0.5, 0.6) is 0 Å². The van der Waals surface area contributed by atoms with Crippen molar-refractivity contribution in [1.29, 1.82) is 0 Å². The molecule has 0 bridgehead atoms. The molecule has 31 heavy (non-hydrogen) atoms. The third-order valence-electron chi connectivity index (χ3n) is 5.49. The van der Waals surface area contributed by atoms with Crippen LogP contribution in [0.2, 0.25) is 10.0 Å². The van der Waals surface area contributed by atoms with Gasteiger partial charge in [0.1, 0.15) is 5.25 Å². The van der Waals surface area contributed by atoms with E-state index in [1.807, 2.05) is 0 Å². The fourth-order valence-corrected chi connectivity index (χ4v) is 5.99. The molecule has 2 atom stereocenters. The second kappa shape index (κ2) is 8.20. The Morgan fingerprint density at radius 2 is 1.32 bits per heavy atom. The molecule has 0 saturated carbocycles. The molecule has 5 nitrogen and oxygen atoms in total. The van der Waals surface area contributed by atoms with Gasteiger partial charge >= 0.3 is 0 Å². The first-order valence-corrected chi connectivity index (χ1v) is 11.9. The molecule has 0 aliphatic carbocycles. The number of benzene rings is 3. The van der Waals surface area contributed by atoms with Crippen molar-refractivity contribution in [2.75, 3.05) is 0 Å². The van der Waals surface area contributed by atoms with E-state index in [9.17, 15) is 13.5 Å². The third-order valence-corrected chi connectivity index (χ3v) is 8.28. The molecule has 0 spiro atoms. The van der Waals surface area contributed by atoms with Gasteiger partial charge in [0.25, 0.3) is 0 Å². The summed E-state index contributed by atoms with van der Waals surface area (Å²) in [6.07, 6.45) is -0.0967. The Bertz CT molecular complexity index is 1120. The Hall–Kier alpha value is -1.93. The van der Waals surface area contributed by atoms with Crippen molar-refractivity contribution >= 4 is 33.0 Å². The van der Waals surface area contributed by atoms with E-state index in [1.165, 1.54) is 19.1 Å². The lowest BCUT2D eigenvalue weighted by molar-refractivity contribution is -0.475. The normalized spacial score (nSPS) is 23.4. The molecule has 0 radical (unpaired) electrons. The van der Waals surface area contributed by atoms with Gasteiger partial charge in [0.05, 0.1) is 4.90 Å². The predicted octanol–water partition coefficient (Wildman–Crippen LogP) is 5.14. The average Bonchev–Trinajstić information content (AvgIpc) is 2.76. The maximum Gasteiger partial charge on any atom is 0.213 e. The van der Waals surface area contributed by atoms with Gasteiger partial charge in [0, 0.05) is 16.5 Å². The van der Waals surface area contributed by atoms with E-state index in [4.69, 9.17) is 33.0 Å². The highest BCUT2D eigenvalue weighted by molar-refractivity contribution is 7.92. The van der Waals surface area contributed by atoms with Gasteiger partial charge in [0.15, 0.2) is 15.4 Å². The minimum Gasteiger partial charge on any atom is -0.362 e. The van der Waals surface area contributed by atoms with Crippen molar-refractivity contribution in [2.24, 2.45) is 0 Å². The maximum absolute atomic E-state index is 13.5. The third kappa shape index (κ3) is 4.12. The highest BCUT2D eigenvalue weighted by atomic mass is 35.5. The Labute approximate surface area is 191 Å². The minimum absolute atomic E-state index is 0.0897. The Kier molecular flexibility index (Phi) is 5.89. The van der Waals surface area contributed by atoms with Crippen LogP contribution in [0.15, 0.2) is 83.8 Å². The zero-order valence-electron chi connectivity index (χ0n) is 16.5. The number of hydrogen-bond donors (Lipinski definition) is 1. The zero-order chi connectivity index (χ0) is 22.3. The second-order valence-electron chi connectivity index (χ2n) is 7.61. The lowest BCUT2D eigenvalue weighted by Crippen LogP contribution is -2.56. The molecule has 8 heteroatoms. The highest BCUT2D eigenvalue weighted by Crippen LogP contribution is 2.47. The molecule has 0 amide bonds. The van der Waals surface area contributed by atoms with Gasteiger partial charge in [-0.1, -0.05) is 65.7 Å². The lowest BCUT2D eigenvalue weighted by atomic mass is 9.80. The van der Waals surface area contributed by atoms with Crippen LogP contribution < -0.4 is 0 Å². The van der Waals surface area contributed by atoms with Gasteiger partial charge in [-0.2, -0.15) is 4.89 Å². The Balaban J connectivity index is 1.88. The molecule has 0 aromatic heterocycles. The van der Waals surface area contributed by atoms with Crippen molar-refractivity contribution in [2.45, 2.75) is 34.9 Å². The van der Waals surface area contributed by atoms with Gasteiger partial charge in [0.2, 0.25) is 5.79 Å². The monoisotopic (exact) mass is 478 g/mol. The van der Waals surface area contributed by atoms with E-state index < -0.39 is 26.5 Å².